The zero-order chi connectivity index (χ0) is 27.8. The van der Waals surface area contributed by atoms with Crippen LogP contribution in [0, 0.1) is 0 Å². The Hall–Kier alpha value is -2.62. The minimum atomic E-state index is -4.10. The topological polar surface area (TPSA) is 161 Å². The molecule has 1 heterocycles. The van der Waals surface area contributed by atoms with Crippen LogP contribution in [0.2, 0.25) is 0 Å². The molecule has 5 unspecified atom stereocenters. The lowest BCUT2D eigenvalue weighted by Gasteiger charge is -2.44. The van der Waals surface area contributed by atoms with Crippen LogP contribution in [0.4, 0.5) is 0 Å². The zero-order valence-electron chi connectivity index (χ0n) is 20.6. The van der Waals surface area contributed by atoms with Gasteiger partial charge in [-0.25, -0.2) is 0 Å². The summed E-state index contributed by atoms with van der Waals surface area (Å²) in [6.45, 7) is 4.09. The molecule has 0 radical (unpaired) electrons. The van der Waals surface area contributed by atoms with Crippen molar-refractivity contribution in [3.8, 4) is 0 Å². The van der Waals surface area contributed by atoms with Crippen LogP contribution in [-0.4, -0.2) is 79.4 Å². The lowest BCUT2D eigenvalue weighted by Crippen LogP contribution is -2.61. The van der Waals surface area contributed by atoms with E-state index in [2.05, 4.69) is 4.40 Å². The second-order valence-corrected chi connectivity index (χ2v) is 11.3. The molecule has 1 aromatic rings. The Morgan fingerprint density at radius 3 is 1.92 bits per heavy atom. The van der Waals surface area contributed by atoms with Gasteiger partial charge >= 0.3 is 23.9 Å². The highest BCUT2D eigenvalue weighted by atomic mass is 32.2. The highest BCUT2D eigenvalue weighted by Crippen LogP contribution is 2.37. The molecule has 37 heavy (non-hydrogen) atoms. The summed E-state index contributed by atoms with van der Waals surface area (Å²) in [5.41, 5.74) is -1.20. The molecule has 1 aromatic carbocycles. The number of ether oxygens (including phenoxy) is 5. The summed E-state index contributed by atoms with van der Waals surface area (Å²) in [4.78, 5) is 47.1. The Morgan fingerprint density at radius 1 is 0.865 bits per heavy atom. The SMILES string of the molecule is CSC(=NS(=O)(=O)c1ccccc1)SC1OC(COC(C)=O)C(OC(C)=O)C(OC(C)=O)C1OC(C)=O. The number of carbonyl (C=O) groups is 4. The van der Waals surface area contributed by atoms with Crippen LogP contribution < -0.4 is 0 Å². The third-order valence-corrected chi connectivity index (χ3v) is 8.23. The van der Waals surface area contributed by atoms with Gasteiger partial charge in [-0.1, -0.05) is 30.0 Å². The van der Waals surface area contributed by atoms with Crippen molar-refractivity contribution in [3.63, 3.8) is 0 Å². The first-order chi connectivity index (χ1) is 17.3. The van der Waals surface area contributed by atoms with Crippen LogP contribution in [0.15, 0.2) is 39.6 Å². The van der Waals surface area contributed by atoms with Gasteiger partial charge in [0.1, 0.15) is 17.1 Å². The van der Waals surface area contributed by atoms with Gasteiger partial charge in [0.05, 0.1) is 4.90 Å². The van der Waals surface area contributed by atoms with Crippen LogP contribution in [0.25, 0.3) is 0 Å². The summed E-state index contributed by atoms with van der Waals surface area (Å²) < 4.78 is 56.6. The summed E-state index contributed by atoms with van der Waals surface area (Å²) in [6.07, 6.45) is -3.61. The number of sulfonamides is 1. The number of thioether (sulfide) groups is 2. The highest BCUT2D eigenvalue weighted by Gasteiger charge is 2.52. The van der Waals surface area contributed by atoms with E-state index in [0.717, 1.165) is 51.2 Å². The van der Waals surface area contributed by atoms with E-state index >= 15 is 0 Å². The van der Waals surface area contributed by atoms with E-state index in [1.54, 1.807) is 24.5 Å². The fourth-order valence-corrected chi connectivity index (χ4v) is 6.51. The van der Waals surface area contributed by atoms with Crippen molar-refractivity contribution in [1.29, 1.82) is 0 Å². The molecule has 0 aliphatic carbocycles. The van der Waals surface area contributed by atoms with Gasteiger partial charge in [0.2, 0.25) is 0 Å². The Bertz CT molecular complexity index is 1120. The van der Waals surface area contributed by atoms with Crippen molar-refractivity contribution in [2.75, 3.05) is 12.9 Å². The van der Waals surface area contributed by atoms with Crippen molar-refractivity contribution < 1.29 is 51.3 Å². The number of carbonyl (C=O) groups excluding carboxylic acids is 4. The van der Waals surface area contributed by atoms with Gasteiger partial charge in [0.25, 0.3) is 10.0 Å². The average Bonchev–Trinajstić information content (AvgIpc) is 2.80. The van der Waals surface area contributed by atoms with Crippen molar-refractivity contribution in [3.05, 3.63) is 30.3 Å². The van der Waals surface area contributed by atoms with Gasteiger partial charge in [-0.3, -0.25) is 19.2 Å². The minimum absolute atomic E-state index is 0.0183. The van der Waals surface area contributed by atoms with E-state index < -0.39 is 70.4 Å². The van der Waals surface area contributed by atoms with Gasteiger partial charge in [-0.2, -0.15) is 8.42 Å². The van der Waals surface area contributed by atoms with Gasteiger partial charge in [0, 0.05) is 27.7 Å². The molecule has 5 atom stereocenters. The average molecular weight is 578 g/mol. The van der Waals surface area contributed by atoms with Crippen molar-refractivity contribution in [2.45, 2.75) is 62.4 Å². The molecule has 12 nitrogen and oxygen atoms in total. The van der Waals surface area contributed by atoms with Gasteiger partial charge < -0.3 is 23.7 Å². The molecule has 0 spiro atoms. The van der Waals surface area contributed by atoms with E-state index in [-0.39, 0.29) is 9.27 Å². The van der Waals surface area contributed by atoms with Crippen molar-refractivity contribution >= 4 is 61.8 Å². The first kappa shape index (κ1) is 30.6. The second kappa shape index (κ2) is 13.8. The molecule has 2 rings (SSSR count). The summed E-state index contributed by atoms with van der Waals surface area (Å²) in [5, 5.41) is 0. The maximum atomic E-state index is 12.8. The van der Waals surface area contributed by atoms with Crippen LogP contribution in [-0.2, 0) is 52.9 Å². The first-order valence-corrected chi connectivity index (χ1v) is 14.3. The van der Waals surface area contributed by atoms with Crippen LogP contribution in [0.5, 0.6) is 0 Å². The quantitative estimate of drug-likeness (QED) is 0.191. The van der Waals surface area contributed by atoms with E-state index in [4.69, 9.17) is 23.7 Å². The van der Waals surface area contributed by atoms with E-state index in [1.807, 2.05) is 0 Å². The highest BCUT2D eigenvalue weighted by molar-refractivity contribution is 8.39. The molecule has 0 aromatic heterocycles. The second-order valence-electron chi connectivity index (χ2n) is 7.53. The van der Waals surface area contributed by atoms with E-state index in [1.165, 1.54) is 12.1 Å². The van der Waals surface area contributed by atoms with Crippen LogP contribution in [0.3, 0.4) is 0 Å². The van der Waals surface area contributed by atoms with Crippen molar-refractivity contribution in [1.82, 2.24) is 0 Å². The third-order valence-electron chi connectivity index (χ3n) is 4.58. The monoisotopic (exact) mass is 577 g/mol. The van der Waals surface area contributed by atoms with Gasteiger partial charge in [0.15, 0.2) is 23.7 Å². The van der Waals surface area contributed by atoms with E-state index in [9.17, 15) is 27.6 Å². The Kier molecular flexibility index (Phi) is 11.4. The van der Waals surface area contributed by atoms with Crippen LogP contribution in [0.1, 0.15) is 27.7 Å². The smallest absolute Gasteiger partial charge is 0.303 e. The molecule has 0 bridgehead atoms. The predicted molar refractivity (Wildman–Crippen MR) is 134 cm³/mol. The molecule has 1 saturated heterocycles. The summed E-state index contributed by atoms with van der Waals surface area (Å²) in [7, 11) is -4.10. The maximum absolute atomic E-state index is 12.8. The summed E-state index contributed by atoms with van der Waals surface area (Å²) in [6, 6.07) is 7.53. The molecule has 1 fully saturated rings. The number of benzene rings is 1. The van der Waals surface area contributed by atoms with Crippen LogP contribution >= 0.6 is 23.5 Å². The van der Waals surface area contributed by atoms with Gasteiger partial charge in [-0.05, 0) is 18.4 Å². The molecule has 0 amide bonds. The fourth-order valence-electron chi connectivity index (χ4n) is 3.23. The number of esters is 4. The number of nitrogens with zero attached hydrogens (tertiary/aromatic N) is 1. The fraction of sp³-hybridized carbons (Fsp3) is 0.500. The third kappa shape index (κ3) is 9.32. The van der Waals surface area contributed by atoms with E-state index in [0.29, 0.717) is 0 Å². The lowest BCUT2D eigenvalue weighted by atomic mass is 9.99. The normalized spacial score (nSPS) is 24.0. The molecule has 0 N–H and O–H groups in total. The maximum Gasteiger partial charge on any atom is 0.303 e. The molecular weight excluding hydrogens is 550 g/mol. The number of hydrogen-bond acceptors (Lipinski definition) is 13. The van der Waals surface area contributed by atoms with Gasteiger partial charge in [-0.15, -0.1) is 16.2 Å². The molecule has 15 heteroatoms. The minimum Gasteiger partial charge on any atom is -0.463 e. The molecule has 0 saturated carbocycles. The molecule has 204 valence electrons. The Morgan fingerprint density at radius 2 is 1.41 bits per heavy atom. The zero-order valence-corrected chi connectivity index (χ0v) is 23.1. The Balaban J connectivity index is 2.51. The standard InChI is InChI=1S/C22H27NO11S3/c1-12(24)30-11-17-18(31-13(2)25)19(32-14(3)26)20(33-15(4)27)21(34-17)36-22(35-5)23-37(28,29)16-9-7-6-8-10-16/h6-10,17-21H,11H2,1-5H3. The summed E-state index contributed by atoms with van der Waals surface area (Å²) in [5.74, 6) is -2.95. The predicted octanol–water partition coefficient (Wildman–Crippen LogP) is 1.91. The largest absolute Gasteiger partial charge is 0.463 e. The van der Waals surface area contributed by atoms with Crippen molar-refractivity contribution in [2.24, 2.45) is 4.40 Å². The number of rotatable bonds is 8. The molecular formula is C22H27NO11S3. The molecule has 1 aliphatic rings. The molecule has 1 aliphatic heterocycles. The lowest BCUT2D eigenvalue weighted by molar-refractivity contribution is -0.237. The Labute approximate surface area is 222 Å². The first-order valence-electron chi connectivity index (χ1n) is 10.7. The number of hydrogen-bond donors (Lipinski definition) is 0. The summed E-state index contributed by atoms with van der Waals surface area (Å²) >= 11 is 1.78.